The molecule has 35 heavy (non-hydrogen) atoms. The summed E-state index contributed by atoms with van der Waals surface area (Å²) in [6.45, 7) is 0.0818. The number of amides is 1. The Morgan fingerprint density at radius 2 is 1.71 bits per heavy atom. The van der Waals surface area contributed by atoms with Crippen LogP contribution >= 0.6 is 11.8 Å². The van der Waals surface area contributed by atoms with Crippen LogP contribution in [0.3, 0.4) is 0 Å². The summed E-state index contributed by atoms with van der Waals surface area (Å²) < 4.78 is 23.5. The Morgan fingerprint density at radius 1 is 0.914 bits per heavy atom. The predicted octanol–water partition coefficient (Wildman–Crippen LogP) is 5.00. The lowest BCUT2D eigenvalue weighted by atomic mass is 10.2. The number of fused-ring (bicyclic) bond motifs is 1. The first-order valence-corrected chi connectivity index (χ1v) is 11.9. The number of aromatic nitrogens is 2. The quantitative estimate of drug-likeness (QED) is 0.311. The lowest BCUT2D eigenvalue weighted by molar-refractivity contribution is -0.116. The third kappa shape index (κ3) is 5.30. The van der Waals surface area contributed by atoms with Crippen molar-refractivity contribution in [2.24, 2.45) is 0 Å². The van der Waals surface area contributed by atoms with E-state index in [-0.39, 0.29) is 12.5 Å². The molecule has 0 atom stereocenters. The molecule has 1 N–H and O–H groups in total. The lowest BCUT2D eigenvalue weighted by Gasteiger charge is -2.16. The van der Waals surface area contributed by atoms with Gasteiger partial charge >= 0.3 is 0 Å². The van der Waals surface area contributed by atoms with Crippen molar-refractivity contribution in [2.75, 3.05) is 33.8 Å². The molecule has 1 heterocycles. The number of hydrogen-bond acceptors (Lipinski definition) is 7. The van der Waals surface area contributed by atoms with Crippen LogP contribution in [0.4, 0.5) is 5.69 Å². The molecule has 4 rings (SSSR count). The SMILES string of the molecule is COc1cccc(CSc2nc3ccccc3n2CC(=O)Nc2ccc(OC)c(OC)c2OC)c1. The molecule has 1 amide bonds. The van der Waals surface area contributed by atoms with Gasteiger partial charge in [-0.2, -0.15) is 0 Å². The second kappa shape index (κ2) is 11.1. The average Bonchev–Trinajstić information content (AvgIpc) is 3.24. The molecule has 4 aromatic rings. The van der Waals surface area contributed by atoms with E-state index in [9.17, 15) is 4.79 Å². The van der Waals surface area contributed by atoms with E-state index in [0.29, 0.717) is 28.7 Å². The van der Waals surface area contributed by atoms with Gasteiger partial charge in [-0.3, -0.25) is 4.79 Å². The molecule has 8 nitrogen and oxygen atoms in total. The van der Waals surface area contributed by atoms with Gasteiger partial charge in [0.2, 0.25) is 11.7 Å². The molecule has 0 spiro atoms. The van der Waals surface area contributed by atoms with E-state index in [1.165, 1.54) is 14.2 Å². The third-order valence-corrected chi connectivity index (χ3v) is 6.45. The summed E-state index contributed by atoms with van der Waals surface area (Å²) in [4.78, 5) is 17.9. The highest BCUT2D eigenvalue weighted by Gasteiger charge is 2.19. The van der Waals surface area contributed by atoms with Gasteiger partial charge in [-0.05, 0) is 42.0 Å². The monoisotopic (exact) mass is 493 g/mol. The largest absolute Gasteiger partial charge is 0.497 e. The zero-order valence-corrected chi connectivity index (χ0v) is 20.8. The van der Waals surface area contributed by atoms with Gasteiger partial charge in [-0.15, -0.1) is 0 Å². The van der Waals surface area contributed by atoms with Gasteiger partial charge in [0.1, 0.15) is 12.3 Å². The maximum Gasteiger partial charge on any atom is 0.244 e. The van der Waals surface area contributed by atoms with Crippen LogP contribution in [0, 0.1) is 0 Å². The number of para-hydroxylation sites is 2. The number of nitrogens with one attached hydrogen (secondary N) is 1. The van der Waals surface area contributed by atoms with Gasteiger partial charge in [0.15, 0.2) is 16.7 Å². The fourth-order valence-electron chi connectivity index (χ4n) is 3.76. The molecule has 3 aromatic carbocycles. The van der Waals surface area contributed by atoms with Crippen LogP contribution in [0.1, 0.15) is 5.56 Å². The van der Waals surface area contributed by atoms with Crippen LogP contribution in [0.25, 0.3) is 11.0 Å². The van der Waals surface area contributed by atoms with Crippen molar-refractivity contribution in [3.05, 3.63) is 66.2 Å². The summed E-state index contributed by atoms with van der Waals surface area (Å²) in [5.41, 5.74) is 3.31. The molecule has 0 fully saturated rings. The van der Waals surface area contributed by atoms with E-state index in [2.05, 4.69) is 5.32 Å². The summed E-state index contributed by atoms with van der Waals surface area (Å²) in [6.07, 6.45) is 0. The van der Waals surface area contributed by atoms with Crippen molar-refractivity contribution in [3.63, 3.8) is 0 Å². The molecule has 1 aromatic heterocycles. The van der Waals surface area contributed by atoms with Crippen LogP contribution in [0.5, 0.6) is 23.0 Å². The minimum atomic E-state index is -0.220. The van der Waals surface area contributed by atoms with Crippen LogP contribution in [-0.2, 0) is 17.1 Å². The van der Waals surface area contributed by atoms with Crippen LogP contribution < -0.4 is 24.3 Å². The van der Waals surface area contributed by atoms with Gasteiger partial charge in [0.25, 0.3) is 0 Å². The van der Waals surface area contributed by atoms with Crippen molar-refractivity contribution < 1.29 is 23.7 Å². The Balaban J connectivity index is 1.58. The number of benzene rings is 3. The second-order valence-corrected chi connectivity index (χ2v) is 8.48. The van der Waals surface area contributed by atoms with Gasteiger partial charge in [0, 0.05) is 5.75 Å². The zero-order valence-electron chi connectivity index (χ0n) is 20.0. The highest BCUT2D eigenvalue weighted by atomic mass is 32.2. The number of nitrogens with zero attached hydrogens (tertiary/aromatic N) is 2. The van der Waals surface area contributed by atoms with Gasteiger partial charge in [-0.25, -0.2) is 4.98 Å². The first-order chi connectivity index (χ1) is 17.1. The zero-order chi connectivity index (χ0) is 24.8. The maximum atomic E-state index is 13.1. The highest BCUT2D eigenvalue weighted by Crippen LogP contribution is 2.42. The molecule has 0 saturated heterocycles. The third-order valence-electron chi connectivity index (χ3n) is 5.40. The van der Waals surface area contributed by atoms with E-state index in [4.69, 9.17) is 23.9 Å². The maximum absolute atomic E-state index is 13.1. The number of carbonyl (C=O) groups excluding carboxylic acids is 1. The van der Waals surface area contributed by atoms with Crippen LogP contribution in [-0.4, -0.2) is 43.9 Å². The topological polar surface area (TPSA) is 83.8 Å². The summed E-state index contributed by atoms with van der Waals surface area (Å²) >= 11 is 1.57. The molecule has 0 unspecified atom stereocenters. The van der Waals surface area contributed by atoms with Crippen molar-refractivity contribution in [3.8, 4) is 23.0 Å². The Bertz CT molecular complexity index is 1340. The molecular formula is C26H27N3O5S. The smallest absolute Gasteiger partial charge is 0.244 e. The Labute approximate surface area is 208 Å². The van der Waals surface area contributed by atoms with Gasteiger partial charge in [0.05, 0.1) is 45.2 Å². The summed E-state index contributed by atoms with van der Waals surface area (Å²) in [7, 11) is 6.24. The van der Waals surface area contributed by atoms with Crippen molar-refractivity contribution >= 4 is 34.4 Å². The first kappa shape index (κ1) is 24.3. The Kier molecular flexibility index (Phi) is 7.67. The summed E-state index contributed by atoms with van der Waals surface area (Å²) in [5, 5.41) is 3.69. The Morgan fingerprint density at radius 3 is 2.46 bits per heavy atom. The van der Waals surface area contributed by atoms with Gasteiger partial charge < -0.3 is 28.8 Å². The minimum absolute atomic E-state index is 0.0818. The molecule has 0 aliphatic heterocycles. The van der Waals surface area contributed by atoms with Gasteiger partial charge in [-0.1, -0.05) is 36.0 Å². The summed E-state index contributed by atoms with van der Waals surface area (Å²) in [6, 6.07) is 19.1. The van der Waals surface area contributed by atoms with E-state index in [0.717, 1.165) is 27.5 Å². The molecule has 182 valence electrons. The van der Waals surface area contributed by atoms with E-state index in [1.807, 2.05) is 53.1 Å². The molecule has 0 radical (unpaired) electrons. The fraction of sp³-hybridized carbons (Fsp3) is 0.231. The minimum Gasteiger partial charge on any atom is -0.497 e. The highest BCUT2D eigenvalue weighted by molar-refractivity contribution is 7.98. The molecule has 9 heteroatoms. The fourth-order valence-corrected chi connectivity index (χ4v) is 4.72. The number of hydrogen-bond donors (Lipinski definition) is 1. The number of carbonyl (C=O) groups is 1. The first-order valence-electron chi connectivity index (χ1n) is 10.9. The predicted molar refractivity (Wildman–Crippen MR) is 137 cm³/mol. The number of anilines is 1. The number of rotatable bonds is 10. The molecule has 0 saturated carbocycles. The number of imidazole rings is 1. The second-order valence-electron chi connectivity index (χ2n) is 7.54. The number of thioether (sulfide) groups is 1. The number of ether oxygens (including phenoxy) is 4. The van der Waals surface area contributed by atoms with Crippen molar-refractivity contribution in [2.45, 2.75) is 17.5 Å². The Hall–Kier alpha value is -3.85. The molecule has 0 aliphatic carbocycles. The van der Waals surface area contributed by atoms with E-state index in [1.54, 1.807) is 38.1 Å². The normalized spacial score (nSPS) is 10.7. The number of methoxy groups -OCH3 is 4. The van der Waals surface area contributed by atoms with Crippen LogP contribution in [0.2, 0.25) is 0 Å². The van der Waals surface area contributed by atoms with Crippen LogP contribution in [0.15, 0.2) is 65.8 Å². The molecule has 0 aliphatic rings. The molecular weight excluding hydrogens is 466 g/mol. The average molecular weight is 494 g/mol. The van der Waals surface area contributed by atoms with Crippen molar-refractivity contribution in [1.82, 2.24) is 9.55 Å². The standard InChI is InChI=1S/C26H27N3O5S/c1-31-18-9-7-8-17(14-18)16-35-26-28-19-10-5-6-11-21(19)29(26)15-23(30)27-20-12-13-22(32-2)25(34-4)24(20)33-3/h5-14H,15-16H2,1-4H3,(H,27,30). The lowest BCUT2D eigenvalue weighted by Crippen LogP contribution is -2.19. The van der Waals surface area contributed by atoms with E-state index >= 15 is 0 Å². The van der Waals surface area contributed by atoms with Crippen molar-refractivity contribution in [1.29, 1.82) is 0 Å². The summed E-state index contributed by atoms with van der Waals surface area (Å²) in [5.74, 6) is 2.59. The van der Waals surface area contributed by atoms with E-state index < -0.39 is 0 Å². The molecule has 0 bridgehead atoms.